The van der Waals surface area contributed by atoms with E-state index in [2.05, 4.69) is 15.9 Å². The van der Waals surface area contributed by atoms with Crippen molar-refractivity contribution in [2.45, 2.75) is 17.3 Å². The van der Waals surface area contributed by atoms with Gasteiger partial charge < -0.3 is 4.42 Å². The van der Waals surface area contributed by atoms with Crippen LogP contribution in [0.15, 0.2) is 32.2 Å². The molecule has 0 radical (unpaired) electrons. The van der Waals surface area contributed by atoms with Crippen molar-refractivity contribution in [1.29, 1.82) is 0 Å². The van der Waals surface area contributed by atoms with Gasteiger partial charge in [-0.1, -0.05) is 11.6 Å². The van der Waals surface area contributed by atoms with Gasteiger partial charge in [0.1, 0.15) is 10.7 Å². The third-order valence-corrected chi connectivity index (χ3v) is 6.67. The Morgan fingerprint density at radius 3 is 2.65 bits per heavy atom. The maximum absolute atomic E-state index is 12.5. The van der Waals surface area contributed by atoms with Gasteiger partial charge in [0.05, 0.1) is 10.2 Å². The van der Waals surface area contributed by atoms with Crippen LogP contribution in [-0.2, 0) is 22.4 Å². The van der Waals surface area contributed by atoms with Gasteiger partial charge in [-0.2, -0.15) is 4.31 Å². The van der Waals surface area contributed by atoms with Gasteiger partial charge in [-0.3, -0.25) is 0 Å². The number of rotatable bonds is 5. The molecule has 0 amide bonds. The second kappa shape index (κ2) is 6.37. The zero-order valence-corrected chi connectivity index (χ0v) is 15.0. The van der Waals surface area contributed by atoms with Crippen LogP contribution in [0, 0.1) is 0 Å². The highest BCUT2D eigenvalue weighted by atomic mass is 79.9. The predicted molar refractivity (Wildman–Crippen MR) is 83.9 cm³/mol. The van der Waals surface area contributed by atoms with Crippen molar-refractivity contribution in [3.05, 3.63) is 37.8 Å². The summed E-state index contributed by atoms with van der Waals surface area (Å²) in [5.74, 6) is 0.503. The highest BCUT2D eigenvalue weighted by Gasteiger charge is 2.27. The van der Waals surface area contributed by atoms with Gasteiger partial charge in [-0.05, 0) is 28.1 Å². The van der Waals surface area contributed by atoms with Crippen molar-refractivity contribution in [1.82, 2.24) is 4.31 Å². The maximum Gasteiger partial charge on any atom is 0.247 e. The zero-order chi connectivity index (χ0) is 14.9. The van der Waals surface area contributed by atoms with Crippen molar-refractivity contribution < 1.29 is 12.8 Å². The molecule has 0 fully saturated rings. The molecule has 2 heterocycles. The molecule has 2 aromatic heterocycles. The van der Waals surface area contributed by atoms with Gasteiger partial charge >= 0.3 is 0 Å². The molecule has 4 nitrogen and oxygen atoms in total. The standard InChI is InChI=1S/C11H10BrCl2NO3S2/c1-15(6-8-2-3-10(14)19-8)20(16,17)9-4-7(5-13)18-11(9)12/h2-4H,5-6H2,1H3. The second-order valence-corrected chi connectivity index (χ2v) is 8.75. The molecular weight excluding hydrogens is 409 g/mol. The van der Waals surface area contributed by atoms with Crippen LogP contribution in [0.2, 0.25) is 4.34 Å². The molecule has 9 heteroatoms. The minimum Gasteiger partial charge on any atom is -0.452 e. The second-order valence-electron chi connectivity index (χ2n) is 3.95. The van der Waals surface area contributed by atoms with Crippen molar-refractivity contribution in [2.75, 3.05) is 7.05 Å². The Kier molecular flexibility index (Phi) is 5.20. The first kappa shape index (κ1) is 16.3. The van der Waals surface area contributed by atoms with E-state index in [0.29, 0.717) is 10.1 Å². The minimum absolute atomic E-state index is 0.0679. The Hall–Kier alpha value is -0.0500. The van der Waals surface area contributed by atoms with Crippen LogP contribution < -0.4 is 0 Å². The van der Waals surface area contributed by atoms with E-state index in [-0.39, 0.29) is 22.0 Å². The van der Waals surface area contributed by atoms with Crippen LogP contribution in [0.5, 0.6) is 0 Å². The molecule has 0 aliphatic rings. The fourth-order valence-electron chi connectivity index (χ4n) is 1.55. The minimum atomic E-state index is -3.65. The number of nitrogens with zero attached hydrogens (tertiary/aromatic N) is 1. The van der Waals surface area contributed by atoms with Gasteiger partial charge in [-0.15, -0.1) is 22.9 Å². The topological polar surface area (TPSA) is 50.5 Å². The summed E-state index contributed by atoms with van der Waals surface area (Å²) < 4.78 is 32.2. The summed E-state index contributed by atoms with van der Waals surface area (Å²) in [6.07, 6.45) is 0. The molecule has 0 unspecified atom stereocenters. The maximum atomic E-state index is 12.5. The first-order valence-electron chi connectivity index (χ1n) is 5.39. The van der Waals surface area contributed by atoms with Crippen molar-refractivity contribution in [3.63, 3.8) is 0 Å². The third-order valence-electron chi connectivity index (χ3n) is 2.53. The molecule has 0 N–H and O–H groups in total. The van der Waals surface area contributed by atoms with Crippen LogP contribution in [0.4, 0.5) is 0 Å². The molecule has 110 valence electrons. The van der Waals surface area contributed by atoms with Crippen LogP contribution in [0.1, 0.15) is 10.6 Å². The normalized spacial score (nSPS) is 12.2. The molecule has 0 bridgehead atoms. The van der Waals surface area contributed by atoms with Crippen molar-refractivity contribution >= 4 is 60.5 Å². The lowest BCUT2D eigenvalue weighted by molar-refractivity contribution is 0.462. The molecule has 20 heavy (non-hydrogen) atoms. The zero-order valence-electron chi connectivity index (χ0n) is 10.3. The Morgan fingerprint density at radius 1 is 1.45 bits per heavy atom. The van der Waals surface area contributed by atoms with Crippen LogP contribution in [-0.4, -0.2) is 19.8 Å². The Morgan fingerprint density at radius 2 is 2.15 bits per heavy atom. The lowest BCUT2D eigenvalue weighted by Gasteiger charge is -2.15. The average molecular weight is 419 g/mol. The number of sulfonamides is 1. The highest BCUT2D eigenvalue weighted by molar-refractivity contribution is 9.10. The van der Waals surface area contributed by atoms with Gasteiger partial charge in [0.25, 0.3) is 0 Å². The van der Waals surface area contributed by atoms with E-state index in [1.807, 2.05) is 0 Å². The molecule has 0 atom stereocenters. The lowest BCUT2D eigenvalue weighted by atomic mass is 10.5. The lowest BCUT2D eigenvalue weighted by Crippen LogP contribution is -2.26. The van der Waals surface area contributed by atoms with Gasteiger partial charge in [0.15, 0.2) is 4.67 Å². The van der Waals surface area contributed by atoms with E-state index in [9.17, 15) is 8.42 Å². The quantitative estimate of drug-likeness (QED) is 0.679. The molecule has 0 aliphatic carbocycles. The fraction of sp³-hybridized carbons (Fsp3) is 0.273. The van der Waals surface area contributed by atoms with Crippen LogP contribution in [0.3, 0.4) is 0 Å². The number of thiophene rings is 1. The van der Waals surface area contributed by atoms with E-state index in [4.69, 9.17) is 27.6 Å². The summed E-state index contributed by atoms with van der Waals surface area (Å²) in [5.41, 5.74) is 0. The summed E-state index contributed by atoms with van der Waals surface area (Å²) >= 11 is 15.9. The average Bonchev–Trinajstić information content (AvgIpc) is 2.95. The monoisotopic (exact) mass is 417 g/mol. The first-order chi connectivity index (χ1) is 9.34. The van der Waals surface area contributed by atoms with Gasteiger partial charge in [-0.25, -0.2) is 8.42 Å². The molecule has 0 aromatic carbocycles. The Balaban J connectivity index is 2.26. The van der Waals surface area contributed by atoms with E-state index >= 15 is 0 Å². The first-order valence-corrected chi connectivity index (χ1v) is 9.35. The van der Waals surface area contributed by atoms with E-state index in [1.54, 1.807) is 12.1 Å². The summed E-state index contributed by atoms with van der Waals surface area (Å²) in [7, 11) is -2.15. The summed E-state index contributed by atoms with van der Waals surface area (Å²) in [6.45, 7) is 0.244. The third kappa shape index (κ3) is 3.40. The summed E-state index contributed by atoms with van der Waals surface area (Å²) in [4.78, 5) is 0.927. The molecule has 0 saturated heterocycles. The molecule has 0 aliphatic heterocycles. The number of halogens is 3. The SMILES string of the molecule is CN(Cc1ccc(Cl)s1)S(=O)(=O)c1cc(CCl)oc1Br. The molecule has 2 aromatic rings. The molecule has 0 spiro atoms. The summed E-state index contributed by atoms with van der Waals surface area (Å²) in [6, 6.07) is 4.96. The predicted octanol–water partition coefficient (Wildman–Crippen LogP) is 4.32. The highest BCUT2D eigenvalue weighted by Crippen LogP contribution is 2.30. The Bertz CT molecular complexity index is 711. The van der Waals surface area contributed by atoms with Crippen LogP contribution >= 0.6 is 50.5 Å². The van der Waals surface area contributed by atoms with Crippen LogP contribution in [0.25, 0.3) is 0 Å². The molecule has 0 saturated carbocycles. The molecule has 2 rings (SSSR count). The number of hydrogen-bond acceptors (Lipinski definition) is 4. The smallest absolute Gasteiger partial charge is 0.247 e. The van der Waals surface area contributed by atoms with Crippen molar-refractivity contribution in [2.24, 2.45) is 0 Å². The largest absolute Gasteiger partial charge is 0.452 e. The van der Waals surface area contributed by atoms with Crippen molar-refractivity contribution in [3.8, 4) is 0 Å². The molecular formula is C11H10BrCl2NO3S2. The number of hydrogen-bond donors (Lipinski definition) is 0. The number of furan rings is 1. The number of alkyl halides is 1. The van der Waals surface area contributed by atoms with Gasteiger partial charge in [0, 0.05) is 24.5 Å². The van der Waals surface area contributed by atoms with E-state index in [1.165, 1.54) is 28.8 Å². The van der Waals surface area contributed by atoms with Gasteiger partial charge in [0.2, 0.25) is 10.0 Å². The van der Waals surface area contributed by atoms with E-state index in [0.717, 1.165) is 4.88 Å². The fourth-order valence-corrected chi connectivity index (χ4v) is 5.01. The Labute approximate surface area is 139 Å². The summed E-state index contributed by atoms with van der Waals surface area (Å²) in [5, 5.41) is 0. The van der Waals surface area contributed by atoms with E-state index < -0.39 is 10.0 Å².